The number of rotatable bonds is 2. The SMILES string of the molecule is C=C1SC(c2cc(C(C)(C)C)c(O)c(C(C)(C)C)c2)C(=O)N1CC. The smallest absolute Gasteiger partial charge is 0.245 e. The highest BCUT2D eigenvalue weighted by atomic mass is 32.2. The number of hydrogen-bond donors (Lipinski definition) is 1. The lowest BCUT2D eigenvalue weighted by Crippen LogP contribution is -2.25. The standard InChI is InChI=1S/C20H29NO2S/c1-9-21-12(2)24-17(18(21)23)13-10-14(19(3,4)5)16(22)15(11-13)20(6,7)8/h10-11,17,22H,2,9H2,1,3-8H3. The minimum Gasteiger partial charge on any atom is -0.507 e. The molecule has 1 aliphatic rings. The molecule has 1 heterocycles. The van der Waals surface area contributed by atoms with E-state index >= 15 is 0 Å². The molecule has 4 heteroatoms. The fraction of sp³-hybridized carbons (Fsp3) is 0.550. The molecule has 0 aliphatic carbocycles. The van der Waals surface area contributed by atoms with Crippen molar-refractivity contribution >= 4 is 17.7 Å². The van der Waals surface area contributed by atoms with Crippen LogP contribution >= 0.6 is 11.8 Å². The van der Waals surface area contributed by atoms with Crippen LogP contribution in [0, 0.1) is 0 Å². The summed E-state index contributed by atoms with van der Waals surface area (Å²) in [5.74, 6) is 0.429. The monoisotopic (exact) mass is 347 g/mol. The zero-order chi connectivity index (χ0) is 18.4. The van der Waals surface area contributed by atoms with Crippen molar-refractivity contribution in [2.45, 2.75) is 64.5 Å². The van der Waals surface area contributed by atoms with Crippen LogP contribution in [0.3, 0.4) is 0 Å². The van der Waals surface area contributed by atoms with Gasteiger partial charge in [-0.15, -0.1) is 0 Å². The van der Waals surface area contributed by atoms with Crippen molar-refractivity contribution in [3.63, 3.8) is 0 Å². The lowest BCUT2D eigenvalue weighted by atomic mass is 9.78. The number of carbonyl (C=O) groups is 1. The maximum Gasteiger partial charge on any atom is 0.245 e. The highest BCUT2D eigenvalue weighted by molar-refractivity contribution is 8.04. The van der Waals surface area contributed by atoms with E-state index in [1.54, 1.807) is 4.90 Å². The lowest BCUT2D eigenvalue weighted by molar-refractivity contribution is -0.127. The Kier molecular flexibility index (Phi) is 4.84. The van der Waals surface area contributed by atoms with Gasteiger partial charge in [-0.2, -0.15) is 0 Å². The number of likely N-dealkylation sites (N-methyl/N-ethyl adjacent to an activating group) is 1. The van der Waals surface area contributed by atoms with Crippen molar-refractivity contribution in [1.29, 1.82) is 0 Å². The summed E-state index contributed by atoms with van der Waals surface area (Å²) < 4.78 is 0. The Balaban J connectivity index is 2.64. The number of carbonyl (C=O) groups excluding carboxylic acids is 1. The van der Waals surface area contributed by atoms with Crippen molar-refractivity contribution in [2.75, 3.05) is 6.54 Å². The zero-order valence-corrected chi connectivity index (χ0v) is 16.7. The zero-order valence-electron chi connectivity index (χ0n) is 15.9. The predicted molar refractivity (Wildman–Crippen MR) is 102 cm³/mol. The average Bonchev–Trinajstić information content (AvgIpc) is 2.71. The van der Waals surface area contributed by atoms with Crippen LogP contribution < -0.4 is 0 Å². The summed E-state index contributed by atoms with van der Waals surface area (Å²) >= 11 is 1.50. The molecule has 1 amide bonds. The quantitative estimate of drug-likeness (QED) is 0.809. The molecule has 1 aromatic rings. The van der Waals surface area contributed by atoms with E-state index in [-0.39, 0.29) is 22.0 Å². The molecule has 0 radical (unpaired) electrons. The summed E-state index contributed by atoms with van der Waals surface area (Å²) in [5, 5.41) is 11.3. The average molecular weight is 348 g/mol. The van der Waals surface area contributed by atoms with Crippen LogP contribution in [0.15, 0.2) is 23.7 Å². The van der Waals surface area contributed by atoms with E-state index in [4.69, 9.17) is 0 Å². The maximum absolute atomic E-state index is 12.7. The van der Waals surface area contributed by atoms with Crippen molar-refractivity contribution in [1.82, 2.24) is 4.90 Å². The van der Waals surface area contributed by atoms with Gasteiger partial charge in [0.15, 0.2) is 0 Å². The van der Waals surface area contributed by atoms with E-state index in [1.165, 1.54) is 11.8 Å². The summed E-state index contributed by atoms with van der Waals surface area (Å²) in [6, 6.07) is 3.99. The van der Waals surface area contributed by atoms with Crippen LogP contribution in [0.5, 0.6) is 5.75 Å². The first-order valence-electron chi connectivity index (χ1n) is 8.42. The first-order valence-corrected chi connectivity index (χ1v) is 9.30. The fourth-order valence-corrected chi connectivity index (χ4v) is 4.13. The van der Waals surface area contributed by atoms with E-state index in [1.807, 2.05) is 19.1 Å². The maximum atomic E-state index is 12.7. The van der Waals surface area contributed by atoms with Gasteiger partial charge in [0.2, 0.25) is 5.91 Å². The number of nitrogens with zero attached hydrogens (tertiary/aromatic N) is 1. The number of aromatic hydroxyl groups is 1. The van der Waals surface area contributed by atoms with Gasteiger partial charge < -0.3 is 10.0 Å². The van der Waals surface area contributed by atoms with Crippen molar-refractivity contribution < 1.29 is 9.90 Å². The molecule has 1 atom stereocenters. The molecule has 2 rings (SSSR count). The second-order valence-corrected chi connectivity index (χ2v) is 9.62. The Morgan fingerprint density at radius 1 is 1.12 bits per heavy atom. The minimum atomic E-state index is -0.278. The van der Waals surface area contributed by atoms with Crippen LogP contribution in [0.1, 0.15) is 70.4 Å². The molecule has 1 N–H and O–H groups in total. The van der Waals surface area contributed by atoms with Gasteiger partial charge in [-0.1, -0.05) is 59.9 Å². The van der Waals surface area contributed by atoms with Gasteiger partial charge in [-0.25, -0.2) is 0 Å². The summed E-state index contributed by atoms with van der Waals surface area (Å²) in [5.41, 5.74) is 2.33. The van der Waals surface area contributed by atoms with E-state index in [2.05, 4.69) is 48.1 Å². The third kappa shape index (κ3) is 3.34. The Morgan fingerprint density at radius 3 is 1.92 bits per heavy atom. The van der Waals surface area contributed by atoms with Crippen LogP contribution in [0.2, 0.25) is 0 Å². The largest absolute Gasteiger partial charge is 0.507 e. The molecule has 3 nitrogen and oxygen atoms in total. The molecule has 1 aromatic carbocycles. The normalized spacial score (nSPS) is 19.3. The van der Waals surface area contributed by atoms with Crippen LogP contribution in [0.25, 0.3) is 0 Å². The van der Waals surface area contributed by atoms with Gasteiger partial charge in [0.25, 0.3) is 0 Å². The predicted octanol–water partition coefficient (Wildman–Crippen LogP) is 5.09. The van der Waals surface area contributed by atoms with Gasteiger partial charge in [0, 0.05) is 6.54 Å². The molecule has 132 valence electrons. The third-order valence-electron chi connectivity index (χ3n) is 4.41. The molecule has 1 saturated heterocycles. The minimum absolute atomic E-state index is 0.0814. The van der Waals surface area contributed by atoms with E-state index in [0.29, 0.717) is 12.3 Å². The Bertz CT molecular complexity index is 645. The molecular weight excluding hydrogens is 318 g/mol. The van der Waals surface area contributed by atoms with Crippen molar-refractivity contribution in [3.05, 3.63) is 40.4 Å². The number of phenolic OH excluding ortho intramolecular Hbond substituents is 1. The summed E-state index contributed by atoms with van der Waals surface area (Å²) in [6.07, 6.45) is 0. The van der Waals surface area contributed by atoms with Gasteiger partial charge in [-0.05, 0) is 46.6 Å². The number of phenols is 1. The first-order chi connectivity index (χ1) is 10.9. The number of hydrogen-bond acceptors (Lipinski definition) is 3. The van der Waals surface area contributed by atoms with Crippen molar-refractivity contribution in [2.24, 2.45) is 0 Å². The Morgan fingerprint density at radius 2 is 1.58 bits per heavy atom. The molecule has 1 fully saturated rings. The number of amides is 1. The van der Waals surface area contributed by atoms with E-state index in [0.717, 1.165) is 21.7 Å². The van der Waals surface area contributed by atoms with Crippen LogP contribution in [0.4, 0.5) is 0 Å². The van der Waals surface area contributed by atoms with E-state index < -0.39 is 0 Å². The highest BCUT2D eigenvalue weighted by Gasteiger charge is 2.37. The van der Waals surface area contributed by atoms with Crippen molar-refractivity contribution in [3.8, 4) is 5.75 Å². The van der Waals surface area contributed by atoms with Gasteiger partial charge >= 0.3 is 0 Å². The second-order valence-electron chi connectivity index (χ2n) is 8.44. The summed E-state index contributed by atoms with van der Waals surface area (Å²) in [7, 11) is 0. The molecule has 0 saturated carbocycles. The summed E-state index contributed by atoms with van der Waals surface area (Å²) in [4.78, 5) is 14.5. The molecule has 0 spiro atoms. The third-order valence-corrected chi connectivity index (χ3v) is 5.61. The lowest BCUT2D eigenvalue weighted by Gasteiger charge is -2.29. The molecule has 0 bridgehead atoms. The van der Waals surface area contributed by atoms with Gasteiger partial charge in [0.05, 0.1) is 5.03 Å². The molecular formula is C20H29NO2S. The number of thioether (sulfide) groups is 1. The molecule has 24 heavy (non-hydrogen) atoms. The molecule has 0 aromatic heterocycles. The molecule has 1 unspecified atom stereocenters. The summed E-state index contributed by atoms with van der Waals surface area (Å²) in [6.45, 7) is 19.1. The number of benzene rings is 1. The van der Waals surface area contributed by atoms with Crippen LogP contribution in [-0.4, -0.2) is 22.5 Å². The Labute approximate surface area is 150 Å². The topological polar surface area (TPSA) is 40.5 Å². The highest BCUT2D eigenvalue weighted by Crippen LogP contribution is 2.48. The Hall–Kier alpha value is -1.42. The van der Waals surface area contributed by atoms with E-state index in [9.17, 15) is 9.90 Å². The first kappa shape index (κ1) is 18.9. The van der Waals surface area contributed by atoms with Gasteiger partial charge in [-0.3, -0.25) is 4.79 Å². The van der Waals surface area contributed by atoms with Crippen LogP contribution in [-0.2, 0) is 15.6 Å². The van der Waals surface area contributed by atoms with Gasteiger partial charge in [0.1, 0.15) is 11.0 Å². The second kappa shape index (κ2) is 6.14. The fourth-order valence-electron chi connectivity index (χ4n) is 3.01. The molecule has 1 aliphatic heterocycles.